The summed E-state index contributed by atoms with van der Waals surface area (Å²) in [7, 11) is 0. The number of ether oxygens (including phenoxy) is 6. The van der Waals surface area contributed by atoms with E-state index in [4.69, 9.17) is 114 Å². The molecule has 18 atom stereocenters. The number of hydrogen-bond donors (Lipinski definition) is 10. The van der Waals surface area contributed by atoms with Crippen molar-refractivity contribution in [1.82, 2.24) is 68.2 Å². The van der Waals surface area contributed by atoms with Crippen molar-refractivity contribution in [1.29, 1.82) is 0 Å². The number of aromatic nitrogens is 14. The Balaban J connectivity index is 0.000000165. The summed E-state index contributed by atoms with van der Waals surface area (Å²) in [5.74, 6) is -0.444. The van der Waals surface area contributed by atoms with Crippen molar-refractivity contribution in [2.24, 2.45) is 0 Å². The van der Waals surface area contributed by atoms with E-state index in [9.17, 15) is 28.8 Å². The predicted molar refractivity (Wildman–Crippen MR) is 321 cm³/mol. The van der Waals surface area contributed by atoms with Crippen LogP contribution in [0.2, 0.25) is 0 Å². The summed E-state index contributed by atoms with van der Waals surface area (Å²) in [4.78, 5) is 87.1. The second kappa shape index (κ2) is 24.7. The number of alkyl halides is 2. The van der Waals surface area contributed by atoms with Crippen LogP contribution in [0.15, 0.2) is 59.2 Å². The van der Waals surface area contributed by atoms with Crippen LogP contribution in [0.25, 0.3) is 33.6 Å². The van der Waals surface area contributed by atoms with Crippen LogP contribution in [0.5, 0.6) is 0 Å². The number of nitrogens with zero attached hydrogens (tertiary/aromatic N) is 12. The average molecular weight is 1410 g/mol. The fourth-order valence-electron chi connectivity index (χ4n) is 10.9. The SMILES string of the molecule is Nc1nc2c(ncn2[C@@H]2O[C@@H]3COP(O)(=S)CO[C@H]4C[C@H](c5cnc6c(N)ccnn56)O[C@@H]4COP(=O)(S)O[C@@H]2[C@@H]3F)c(=O)[nH]1.Nc1nc2c(ncn2[C@@H]2O[C@@H]3COP(O)(=S)CO[C@H]4C[C@H](c5cnc6c(N)ccnn56)O[C@@H]4COP(O)(=S)O[C@@H]2[C@@H]3F)c(=O)[nH]1. The van der Waals surface area contributed by atoms with Gasteiger partial charge in [-0.1, -0.05) is 12.2 Å². The van der Waals surface area contributed by atoms with Gasteiger partial charge in [-0.25, -0.2) is 42.3 Å². The van der Waals surface area contributed by atoms with Gasteiger partial charge in [0.2, 0.25) is 24.9 Å². The summed E-state index contributed by atoms with van der Waals surface area (Å²) in [6, 6.07) is 3.23. The molecule has 484 valence electrons. The molecule has 0 spiro atoms. The van der Waals surface area contributed by atoms with Gasteiger partial charge in [0, 0.05) is 12.8 Å². The van der Waals surface area contributed by atoms with Crippen LogP contribution < -0.4 is 34.1 Å². The molecule has 0 aliphatic carbocycles. The fourth-order valence-corrected chi connectivity index (χ4v) is 16.1. The van der Waals surface area contributed by atoms with Crippen molar-refractivity contribution in [3.05, 3.63) is 81.7 Å². The minimum atomic E-state index is -4.32. The molecule has 0 amide bonds. The third-order valence-corrected chi connectivity index (χ3v) is 21.5. The molecule has 14 rings (SSSR count). The monoisotopic (exact) mass is 1410 g/mol. The molecule has 6 saturated heterocycles. The summed E-state index contributed by atoms with van der Waals surface area (Å²) in [5.41, 5.74) is 24.7. The first kappa shape index (κ1) is 63.7. The lowest BCUT2D eigenvalue weighted by Crippen LogP contribution is -2.34. The Hall–Kier alpha value is -5.07. The maximum atomic E-state index is 15.9. The Bertz CT molecular complexity index is 4130. The number of imidazole rings is 4. The first-order valence-electron chi connectivity index (χ1n) is 26.8. The topological polar surface area (TPSA) is 480 Å². The van der Waals surface area contributed by atoms with Crippen molar-refractivity contribution >= 4 is 131 Å². The molecule has 8 aromatic heterocycles. The Kier molecular flexibility index (Phi) is 17.5. The molecule has 6 fully saturated rings. The fraction of sp³-hybridized carbons (Fsp3) is 0.500. The lowest BCUT2D eigenvalue weighted by Gasteiger charge is -2.27. The van der Waals surface area contributed by atoms with E-state index in [0.29, 0.717) is 34.1 Å². The first-order chi connectivity index (χ1) is 42.8. The molecule has 36 nitrogen and oxygen atoms in total. The van der Waals surface area contributed by atoms with Crippen molar-refractivity contribution in [2.45, 2.75) is 98.7 Å². The van der Waals surface area contributed by atoms with Crippen LogP contribution in [0.1, 0.15) is 48.9 Å². The van der Waals surface area contributed by atoms with E-state index in [0.717, 1.165) is 0 Å². The predicted octanol–water partition coefficient (Wildman–Crippen LogP) is 1.59. The van der Waals surface area contributed by atoms with E-state index in [-0.39, 0.29) is 60.3 Å². The number of H-pyrrole nitrogens is 2. The molecule has 8 aromatic rings. The van der Waals surface area contributed by atoms with E-state index < -0.39 is 149 Å². The molecule has 6 aliphatic rings. The van der Waals surface area contributed by atoms with Crippen LogP contribution in [0.3, 0.4) is 0 Å². The van der Waals surface area contributed by atoms with E-state index in [1.165, 1.54) is 43.2 Å². The number of halogens is 2. The molecule has 0 aromatic carbocycles. The average Bonchev–Trinajstić information content (AvgIpc) is 1.67. The maximum Gasteiger partial charge on any atom is 0.386 e. The highest BCUT2D eigenvalue weighted by atomic mass is 32.7. The Morgan fingerprint density at radius 2 is 1.02 bits per heavy atom. The quantitative estimate of drug-likeness (QED) is 0.0883. The Labute approximate surface area is 522 Å². The summed E-state index contributed by atoms with van der Waals surface area (Å²) in [6.07, 6.45) is -8.83. The van der Waals surface area contributed by atoms with Gasteiger partial charge in [-0.2, -0.15) is 20.2 Å². The molecule has 14 heterocycles. The largest absolute Gasteiger partial charge is 0.396 e. The number of rotatable bonds is 4. The smallest absolute Gasteiger partial charge is 0.386 e. The van der Waals surface area contributed by atoms with Gasteiger partial charge in [0.1, 0.15) is 61.5 Å². The summed E-state index contributed by atoms with van der Waals surface area (Å²) >= 11 is 20.0. The molecule has 0 radical (unpaired) electrons. The van der Waals surface area contributed by atoms with Crippen LogP contribution in [0, 0.1) is 0 Å². The summed E-state index contributed by atoms with van der Waals surface area (Å²) in [6.45, 7) is -17.5. The van der Waals surface area contributed by atoms with Crippen molar-refractivity contribution in [3.63, 3.8) is 0 Å². The normalized spacial score (nSPS) is 36.3. The molecule has 0 saturated carbocycles. The minimum absolute atomic E-state index is 0.0359. The number of anilines is 4. The molecule has 90 heavy (non-hydrogen) atoms. The minimum Gasteiger partial charge on any atom is -0.396 e. The zero-order chi connectivity index (χ0) is 63.3. The third kappa shape index (κ3) is 12.8. The number of nitrogens with one attached hydrogen (secondary N) is 2. The van der Waals surface area contributed by atoms with Crippen LogP contribution in [0.4, 0.5) is 32.1 Å². The maximum absolute atomic E-state index is 15.9. The van der Waals surface area contributed by atoms with E-state index in [2.05, 4.69) is 62.3 Å². The summed E-state index contributed by atoms with van der Waals surface area (Å²) < 4.78 is 121. The van der Waals surface area contributed by atoms with Crippen LogP contribution in [-0.2, 0) is 95.5 Å². The third-order valence-electron chi connectivity index (χ3n) is 15.1. The summed E-state index contributed by atoms with van der Waals surface area (Å²) in [5, 5.41) is 8.60. The van der Waals surface area contributed by atoms with Gasteiger partial charge in [-0.15, -0.1) is 0 Å². The Morgan fingerprint density at radius 1 is 0.589 bits per heavy atom. The number of nitrogen functional groups attached to an aromatic ring is 4. The van der Waals surface area contributed by atoms with Gasteiger partial charge in [-0.05, 0) is 47.6 Å². The highest BCUT2D eigenvalue weighted by Gasteiger charge is 2.53. The van der Waals surface area contributed by atoms with Crippen LogP contribution in [-0.4, -0.2) is 183 Å². The van der Waals surface area contributed by atoms with Crippen LogP contribution >= 0.6 is 38.7 Å². The Morgan fingerprint density at radius 3 is 1.49 bits per heavy atom. The van der Waals surface area contributed by atoms with E-state index in [1.807, 2.05) is 0 Å². The zero-order valence-electron chi connectivity index (χ0n) is 45.7. The molecular weight excluding hydrogens is 1360 g/mol. The first-order valence-corrected chi connectivity index (χ1v) is 37.8. The van der Waals surface area contributed by atoms with Crippen molar-refractivity contribution in [2.75, 3.05) is 62.1 Å². The number of thiol groups is 1. The second-order valence-electron chi connectivity index (χ2n) is 21.0. The second-order valence-corrected chi connectivity index (χ2v) is 33.7. The van der Waals surface area contributed by atoms with Gasteiger partial charge in [0.15, 0.2) is 58.4 Å². The highest BCUT2D eigenvalue weighted by molar-refractivity contribution is 8.44. The van der Waals surface area contributed by atoms with Gasteiger partial charge in [-0.3, -0.25) is 42.3 Å². The van der Waals surface area contributed by atoms with Gasteiger partial charge in [0.05, 0.1) is 98.8 Å². The van der Waals surface area contributed by atoms with E-state index >= 15 is 8.78 Å². The zero-order valence-corrected chi connectivity index (χ0v) is 52.6. The molecule has 4 unspecified atom stereocenters. The van der Waals surface area contributed by atoms with E-state index in [1.54, 1.807) is 24.5 Å². The van der Waals surface area contributed by atoms with Gasteiger partial charge >= 0.3 is 13.5 Å². The van der Waals surface area contributed by atoms with Crippen molar-refractivity contribution < 1.29 is 83.6 Å². The van der Waals surface area contributed by atoms with Gasteiger partial charge in [0.25, 0.3) is 11.1 Å². The highest BCUT2D eigenvalue weighted by Crippen LogP contribution is 2.59. The number of hydrogen-bond acceptors (Lipinski definition) is 30. The number of nitrogens with two attached hydrogens (primary N) is 4. The lowest BCUT2D eigenvalue weighted by atomic mass is 10.1. The molecule has 6 aliphatic heterocycles. The molecule has 4 bridgehead atoms. The number of aromatic amines is 2. The molecular formula is C44H52F2N18O18P4S4. The lowest BCUT2D eigenvalue weighted by molar-refractivity contribution is -0.0477. The van der Waals surface area contributed by atoms with Crippen molar-refractivity contribution in [3.8, 4) is 0 Å². The molecule has 13 N–H and O–H groups in total. The standard InChI is InChI=1S/2C22H26FN9O9P2S2/c2*23-15-14-6-37-42(34,44)8-36-12-3-11(10-4-26-18-9(24)1-2-28-32(10)18)39-13(12)5-38-43(35,45)41-17(15)21(40-14)31-7-27-16-19(31)29-22(25)30-20(16)33/h2*1-2,4,7,11-15,17,21H,3,5-6,8,24H2,(H,34,44)(H,35,45)(H3,25,29,30,33)/t2*11-,12+,13-,14-,15-,17-,21-,42?,43?/m11/s1. The van der Waals surface area contributed by atoms with Gasteiger partial charge < -0.3 is 79.6 Å². The molecule has 46 heteroatoms. The number of fused-ring (bicyclic) bond motifs is 10.